The van der Waals surface area contributed by atoms with Gasteiger partial charge in [0.1, 0.15) is 0 Å². The first kappa shape index (κ1) is 12.8. The molecule has 0 fully saturated rings. The number of hydrazine groups is 1. The SMILES string of the molecule is Cn1ncc(Br)c1C(CC1=CCCCC1)NN. The molecule has 1 heterocycles. The van der Waals surface area contributed by atoms with Crippen molar-refractivity contribution in [1.82, 2.24) is 15.2 Å². The van der Waals surface area contributed by atoms with Crippen LogP contribution in [-0.4, -0.2) is 9.78 Å². The fourth-order valence-electron chi connectivity index (χ4n) is 2.40. The van der Waals surface area contributed by atoms with Gasteiger partial charge in [0.25, 0.3) is 0 Å². The molecule has 17 heavy (non-hydrogen) atoms. The molecule has 1 aliphatic rings. The number of halogens is 1. The summed E-state index contributed by atoms with van der Waals surface area (Å²) in [6.45, 7) is 0. The average molecular weight is 299 g/mol. The van der Waals surface area contributed by atoms with E-state index >= 15 is 0 Å². The van der Waals surface area contributed by atoms with Gasteiger partial charge in [-0.05, 0) is 48.0 Å². The maximum atomic E-state index is 5.68. The maximum Gasteiger partial charge on any atom is 0.0709 e. The van der Waals surface area contributed by atoms with Crippen molar-refractivity contribution in [2.75, 3.05) is 0 Å². The fraction of sp³-hybridized carbons (Fsp3) is 0.583. The highest BCUT2D eigenvalue weighted by molar-refractivity contribution is 9.10. The van der Waals surface area contributed by atoms with E-state index in [0.29, 0.717) is 0 Å². The number of allylic oxidation sites excluding steroid dienone is 1. The van der Waals surface area contributed by atoms with Gasteiger partial charge in [-0.2, -0.15) is 5.10 Å². The molecule has 1 aromatic heterocycles. The Balaban J connectivity index is 2.14. The van der Waals surface area contributed by atoms with Crippen molar-refractivity contribution in [3.8, 4) is 0 Å². The normalized spacial score (nSPS) is 17.9. The zero-order chi connectivity index (χ0) is 12.3. The predicted molar refractivity (Wildman–Crippen MR) is 72.1 cm³/mol. The summed E-state index contributed by atoms with van der Waals surface area (Å²) >= 11 is 3.53. The number of nitrogens with one attached hydrogen (secondary N) is 1. The van der Waals surface area contributed by atoms with Crippen LogP contribution in [0.25, 0.3) is 0 Å². The predicted octanol–water partition coefficient (Wildman–Crippen LogP) is 2.58. The van der Waals surface area contributed by atoms with E-state index in [2.05, 4.69) is 32.5 Å². The fourth-order valence-corrected chi connectivity index (χ4v) is 3.02. The summed E-state index contributed by atoms with van der Waals surface area (Å²) in [6.07, 6.45) is 10.2. The number of rotatable bonds is 4. The zero-order valence-corrected chi connectivity index (χ0v) is 11.7. The quantitative estimate of drug-likeness (QED) is 0.510. The lowest BCUT2D eigenvalue weighted by molar-refractivity contribution is 0.492. The van der Waals surface area contributed by atoms with Gasteiger partial charge in [-0.15, -0.1) is 0 Å². The van der Waals surface area contributed by atoms with E-state index in [9.17, 15) is 0 Å². The molecule has 0 aliphatic heterocycles. The van der Waals surface area contributed by atoms with Gasteiger partial charge in [0.05, 0.1) is 22.4 Å². The number of nitrogens with two attached hydrogens (primary N) is 1. The summed E-state index contributed by atoms with van der Waals surface area (Å²) in [4.78, 5) is 0. The molecule has 94 valence electrons. The molecule has 1 aromatic rings. The van der Waals surface area contributed by atoms with Crippen molar-refractivity contribution in [1.29, 1.82) is 0 Å². The molecule has 0 saturated heterocycles. The van der Waals surface area contributed by atoms with Crippen molar-refractivity contribution in [3.05, 3.63) is 28.0 Å². The van der Waals surface area contributed by atoms with Gasteiger partial charge in [0.2, 0.25) is 0 Å². The van der Waals surface area contributed by atoms with Gasteiger partial charge in [-0.3, -0.25) is 16.0 Å². The summed E-state index contributed by atoms with van der Waals surface area (Å²) in [6, 6.07) is 0.126. The molecule has 0 amide bonds. The molecule has 0 spiro atoms. The Labute approximate surface area is 110 Å². The molecule has 1 aliphatic carbocycles. The van der Waals surface area contributed by atoms with Crippen molar-refractivity contribution in [2.45, 2.75) is 38.1 Å². The second-order valence-corrected chi connectivity index (χ2v) is 5.39. The van der Waals surface area contributed by atoms with Crippen LogP contribution in [0.1, 0.15) is 43.8 Å². The molecule has 4 nitrogen and oxygen atoms in total. The van der Waals surface area contributed by atoms with Crippen LogP contribution in [0.5, 0.6) is 0 Å². The Hall–Kier alpha value is -0.650. The van der Waals surface area contributed by atoms with Gasteiger partial charge in [0, 0.05) is 7.05 Å². The molecular weight excluding hydrogens is 280 g/mol. The summed E-state index contributed by atoms with van der Waals surface area (Å²) in [5, 5.41) is 4.23. The topological polar surface area (TPSA) is 55.9 Å². The summed E-state index contributed by atoms with van der Waals surface area (Å²) in [7, 11) is 1.94. The molecule has 0 saturated carbocycles. The second-order valence-electron chi connectivity index (χ2n) is 4.53. The van der Waals surface area contributed by atoms with Gasteiger partial charge < -0.3 is 0 Å². The molecule has 0 bridgehead atoms. The minimum Gasteiger partial charge on any atom is -0.271 e. The minimum absolute atomic E-state index is 0.126. The summed E-state index contributed by atoms with van der Waals surface area (Å²) < 4.78 is 2.89. The summed E-state index contributed by atoms with van der Waals surface area (Å²) in [5.41, 5.74) is 5.52. The van der Waals surface area contributed by atoms with E-state index in [-0.39, 0.29) is 6.04 Å². The largest absolute Gasteiger partial charge is 0.271 e. The van der Waals surface area contributed by atoms with Crippen molar-refractivity contribution in [2.24, 2.45) is 12.9 Å². The lowest BCUT2D eigenvalue weighted by atomic mass is 9.93. The number of hydrogen-bond acceptors (Lipinski definition) is 3. The third-order valence-electron chi connectivity index (χ3n) is 3.32. The first-order chi connectivity index (χ1) is 8.22. The highest BCUT2D eigenvalue weighted by Gasteiger charge is 2.19. The highest BCUT2D eigenvalue weighted by Crippen LogP contribution is 2.30. The standard InChI is InChI=1S/C12H19BrN4/c1-17-12(10(13)8-15-17)11(16-14)7-9-5-3-2-4-6-9/h5,8,11,16H,2-4,6-7,14H2,1H3. The number of aromatic nitrogens is 2. The lowest BCUT2D eigenvalue weighted by Crippen LogP contribution is -2.30. The van der Waals surface area contributed by atoms with Crippen LogP contribution >= 0.6 is 15.9 Å². The van der Waals surface area contributed by atoms with Crippen molar-refractivity contribution >= 4 is 15.9 Å². The Morgan fingerprint density at radius 2 is 2.41 bits per heavy atom. The lowest BCUT2D eigenvalue weighted by Gasteiger charge is -2.20. The highest BCUT2D eigenvalue weighted by atomic mass is 79.9. The molecule has 3 N–H and O–H groups in total. The first-order valence-electron chi connectivity index (χ1n) is 6.03. The Bertz CT molecular complexity index is 391. The van der Waals surface area contributed by atoms with Crippen LogP contribution in [-0.2, 0) is 7.05 Å². The molecule has 5 heteroatoms. The van der Waals surface area contributed by atoms with Crippen LogP contribution in [0, 0.1) is 0 Å². The molecular formula is C12H19BrN4. The van der Waals surface area contributed by atoms with Crippen LogP contribution in [0.4, 0.5) is 0 Å². The smallest absolute Gasteiger partial charge is 0.0709 e. The monoisotopic (exact) mass is 298 g/mol. The van der Waals surface area contributed by atoms with E-state index < -0.39 is 0 Å². The van der Waals surface area contributed by atoms with Crippen molar-refractivity contribution < 1.29 is 0 Å². The molecule has 1 atom stereocenters. The average Bonchev–Trinajstić information content (AvgIpc) is 2.68. The van der Waals surface area contributed by atoms with Gasteiger partial charge in [-0.1, -0.05) is 11.6 Å². The third kappa shape index (κ3) is 2.97. The number of nitrogens with zero attached hydrogens (tertiary/aromatic N) is 2. The van der Waals surface area contributed by atoms with E-state index in [0.717, 1.165) is 16.6 Å². The van der Waals surface area contributed by atoms with Crippen LogP contribution < -0.4 is 11.3 Å². The van der Waals surface area contributed by atoms with E-state index in [1.807, 2.05) is 17.9 Å². The van der Waals surface area contributed by atoms with Gasteiger partial charge in [0.15, 0.2) is 0 Å². The van der Waals surface area contributed by atoms with Crippen LogP contribution in [0.2, 0.25) is 0 Å². The van der Waals surface area contributed by atoms with Crippen LogP contribution in [0.15, 0.2) is 22.3 Å². The zero-order valence-electron chi connectivity index (χ0n) is 10.1. The van der Waals surface area contributed by atoms with E-state index in [1.165, 1.54) is 31.3 Å². The Kier molecular flexibility index (Phi) is 4.36. The van der Waals surface area contributed by atoms with Gasteiger partial charge >= 0.3 is 0 Å². The molecule has 0 radical (unpaired) electrons. The molecule has 1 unspecified atom stereocenters. The van der Waals surface area contributed by atoms with E-state index in [4.69, 9.17) is 5.84 Å². The molecule has 0 aromatic carbocycles. The van der Waals surface area contributed by atoms with Crippen molar-refractivity contribution in [3.63, 3.8) is 0 Å². The Morgan fingerprint density at radius 1 is 1.59 bits per heavy atom. The molecule has 2 rings (SSSR count). The maximum absolute atomic E-state index is 5.68. The minimum atomic E-state index is 0.126. The summed E-state index contributed by atoms with van der Waals surface area (Å²) in [5.74, 6) is 5.68. The van der Waals surface area contributed by atoms with E-state index in [1.54, 1.807) is 0 Å². The van der Waals surface area contributed by atoms with Gasteiger partial charge in [-0.25, -0.2) is 0 Å². The number of aryl methyl sites for hydroxylation is 1. The second kappa shape index (κ2) is 5.80. The first-order valence-corrected chi connectivity index (χ1v) is 6.83. The number of hydrogen-bond donors (Lipinski definition) is 2. The Morgan fingerprint density at radius 3 is 2.94 bits per heavy atom. The third-order valence-corrected chi connectivity index (χ3v) is 3.93. The van der Waals surface area contributed by atoms with Crippen LogP contribution in [0.3, 0.4) is 0 Å².